The molecule has 0 heterocycles. The Balaban J connectivity index is 3.13. The van der Waals surface area contributed by atoms with Crippen molar-refractivity contribution in [3.63, 3.8) is 0 Å². The molecular weight excluding hydrogens is 272 g/mol. The standard InChI is InChI=1S/C15H20N2O4/c1-9(2)7-17(8-13(16)18)14(19)11-4-10(3)5-12(6-11)15(20)21/h4-6,9H,7-8H2,1-3H3,(H2,16,18)(H,20,21). The molecule has 3 N–H and O–H groups in total. The number of carbonyl (C=O) groups is 3. The minimum absolute atomic E-state index is 0.0434. The van der Waals surface area contributed by atoms with Crippen molar-refractivity contribution in [1.82, 2.24) is 4.90 Å². The van der Waals surface area contributed by atoms with Gasteiger partial charge < -0.3 is 15.7 Å². The van der Waals surface area contributed by atoms with Gasteiger partial charge in [-0.2, -0.15) is 0 Å². The smallest absolute Gasteiger partial charge is 0.335 e. The fourth-order valence-corrected chi connectivity index (χ4v) is 2.06. The summed E-state index contributed by atoms with van der Waals surface area (Å²) in [6, 6.07) is 4.40. The van der Waals surface area contributed by atoms with Crippen LogP contribution in [0.5, 0.6) is 0 Å². The van der Waals surface area contributed by atoms with Crippen LogP contribution in [0.2, 0.25) is 0 Å². The van der Waals surface area contributed by atoms with Crippen molar-refractivity contribution in [2.24, 2.45) is 11.7 Å². The summed E-state index contributed by atoms with van der Waals surface area (Å²) in [7, 11) is 0. The molecular formula is C15H20N2O4. The Morgan fingerprint density at radius 3 is 2.24 bits per heavy atom. The summed E-state index contributed by atoms with van der Waals surface area (Å²) < 4.78 is 0. The van der Waals surface area contributed by atoms with Crippen LogP contribution in [0, 0.1) is 12.8 Å². The lowest BCUT2D eigenvalue weighted by molar-refractivity contribution is -0.118. The number of benzene rings is 1. The number of hydrogen-bond acceptors (Lipinski definition) is 3. The van der Waals surface area contributed by atoms with E-state index in [1.807, 2.05) is 13.8 Å². The molecule has 21 heavy (non-hydrogen) atoms. The molecule has 0 atom stereocenters. The van der Waals surface area contributed by atoms with Gasteiger partial charge in [-0.25, -0.2) is 4.79 Å². The second kappa shape index (κ2) is 6.88. The third-order valence-corrected chi connectivity index (χ3v) is 2.79. The first-order valence-corrected chi connectivity index (χ1v) is 6.63. The van der Waals surface area contributed by atoms with Gasteiger partial charge in [-0.1, -0.05) is 13.8 Å². The molecule has 1 aromatic rings. The first-order valence-electron chi connectivity index (χ1n) is 6.63. The third-order valence-electron chi connectivity index (χ3n) is 2.79. The van der Waals surface area contributed by atoms with Gasteiger partial charge in [0.05, 0.1) is 12.1 Å². The van der Waals surface area contributed by atoms with Gasteiger partial charge in [-0.15, -0.1) is 0 Å². The predicted octanol–water partition coefficient (Wildman–Crippen LogP) is 1.28. The lowest BCUT2D eigenvalue weighted by Gasteiger charge is -2.23. The van der Waals surface area contributed by atoms with Crippen LogP contribution in [0.25, 0.3) is 0 Å². The second-order valence-electron chi connectivity index (χ2n) is 5.44. The van der Waals surface area contributed by atoms with Gasteiger partial charge in [0.1, 0.15) is 0 Å². The fraction of sp³-hybridized carbons (Fsp3) is 0.400. The minimum atomic E-state index is -1.10. The van der Waals surface area contributed by atoms with Crippen molar-refractivity contribution >= 4 is 17.8 Å². The summed E-state index contributed by atoms with van der Waals surface area (Å²) in [5.74, 6) is -1.93. The van der Waals surface area contributed by atoms with Gasteiger partial charge in [0.25, 0.3) is 5.91 Å². The molecule has 0 aliphatic carbocycles. The van der Waals surface area contributed by atoms with E-state index < -0.39 is 17.8 Å². The first-order chi connectivity index (χ1) is 9.70. The van der Waals surface area contributed by atoms with E-state index in [9.17, 15) is 14.4 Å². The van der Waals surface area contributed by atoms with Crippen LogP contribution >= 0.6 is 0 Å². The molecule has 6 heteroatoms. The van der Waals surface area contributed by atoms with E-state index in [-0.39, 0.29) is 23.6 Å². The summed E-state index contributed by atoms with van der Waals surface area (Å²) in [6.45, 7) is 5.73. The SMILES string of the molecule is Cc1cc(C(=O)O)cc(C(=O)N(CC(N)=O)CC(C)C)c1. The maximum absolute atomic E-state index is 12.5. The molecule has 0 aliphatic rings. The Kier molecular flexibility index (Phi) is 5.46. The quantitative estimate of drug-likeness (QED) is 0.824. The highest BCUT2D eigenvalue weighted by Crippen LogP contribution is 2.13. The van der Waals surface area contributed by atoms with Crippen molar-refractivity contribution in [3.05, 3.63) is 34.9 Å². The fourth-order valence-electron chi connectivity index (χ4n) is 2.06. The molecule has 0 aliphatic heterocycles. The van der Waals surface area contributed by atoms with Crippen molar-refractivity contribution < 1.29 is 19.5 Å². The number of rotatable bonds is 6. The topological polar surface area (TPSA) is 101 Å². The average Bonchev–Trinajstić information content (AvgIpc) is 2.35. The van der Waals surface area contributed by atoms with Crippen LogP contribution in [0.4, 0.5) is 0 Å². The van der Waals surface area contributed by atoms with Crippen LogP contribution in [-0.4, -0.2) is 40.9 Å². The molecule has 1 rings (SSSR count). The van der Waals surface area contributed by atoms with Crippen LogP contribution in [0.3, 0.4) is 0 Å². The Morgan fingerprint density at radius 2 is 1.76 bits per heavy atom. The number of carbonyl (C=O) groups excluding carboxylic acids is 2. The van der Waals surface area contributed by atoms with E-state index >= 15 is 0 Å². The Bertz CT molecular complexity index is 567. The van der Waals surface area contributed by atoms with Crippen LogP contribution in [0.1, 0.15) is 40.1 Å². The molecule has 0 bridgehead atoms. The number of nitrogens with zero attached hydrogens (tertiary/aromatic N) is 1. The number of carboxylic acid groups (broad SMARTS) is 1. The zero-order valence-electron chi connectivity index (χ0n) is 12.4. The van der Waals surface area contributed by atoms with Crippen LogP contribution < -0.4 is 5.73 Å². The molecule has 1 aromatic carbocycles. The van der Waals surface area contributed by atoms with E-state index in [1.54, 1.807) is 13.0 Å². The first kappa shape index (κ1) is 16.7. The Labute approximate surface area is 123 Å². The number of nitrogens with two attached hydrogens (primary N) is 1. The number of carboxylic acids is 1. The zero-order chi connectivity index (χ0) is 16.2. The largest absolute Gasteiger partial charge is 0.478 e. The highest BCUT2D eigenvalue weighted by atomic mass is 16.4. The lowest BCUT2D eigenvalue weighted by atomic mass is 10.0. The van der Waals surface area contributed by atoms with Gasteiger partial charge in [0.2, 0.25) is 5.91 Å². The number of aromatic carboxylic acids is 1. The van der Waals surface area contributed by atoms with E-state index in [0.717, 1.165) is 0 Å². The zero-order valence-corrected chi connectivity index (χ0v) is 12.4. The van der Waals surface area contributed by atoms with Crippen LogP contribution in [0.15, 0.2) is 18.2 Å². The molecule has 0 saturated carbocycles. The summed E-state index contributed by atoms with van der Waals surface area (Å²) in [5.41, 5.74) is 6.12. The number of primary amides is 1. The molecule has 6 nitrogen and oxygen atoms in total. The van der Waals surface area contributed by atoms with Crippen molar-refractivity contribution in [1.29, 1.82) is 0 Å². The summed E-state index contributed by atoms with van der Waals surface area (Å²) >= 11 is 0. The summed E-state index contributed by atoms with van der Waals surface area (Å²) in [5, 5.41) is 9.05. The van der Waals surface area contributed by atoms with Crippen LogP contribution in [-0.2, 0) is 4.79 Å². The normalized spacial score (nSPS) is 10.5. The molecule has 0 fully saturated rings. The third kappa shape index (κ3) is 4.91. The van der Waals surface area contributed by atoms with Crippen molar-refractivity contribution in [3.8, 4) is 0 Å². The molecule has 0 saturated heterocycles. The number of aryl methyl sites for hydroxylation is 1. The van der Waals surface area contributed by atoms with Gasteiger partial charge in [0, 0.05) is 12.1 Å². The maximum Gasteiger partial charge on any atom is 0.335 e. The van der Waals surface area contributed by atoms with E-state index in [2.05, 4.69) is 0 Å². The van der Waals surface area contributed by atoms with E-state index in [4.69, 9.17) is 10.8 Å². The van der Waals surface area contributed by atoms with Gasteiger partial charge >= 0.3 is 5.97 Å². The minimum Gasteiger partial charge on any atom is -0.478 e. The lowest BCUT2D eigenvalue weighted by Crippen LogP contribution is -2.40. The predicted molar refractivity (Wildman–Crippen MR) is 78.1 cm³/mol. The Morgan fingerprint density at radius 1 is 1.19 bits per heavy atom. The molecule has 0 radical (unpaired) electrons. The van der Waals surface area contributed by atoms with Crippen molar-refractivity contribution in [2.75, 3.05) is 13.1 Å². The number of amides is 2. The van der Waals surface area contributed by atoms with E-state index in [0.29, 0.717) is 12.1 Å². The molecule has 0 spiro atoms. The Hall–Kier alpha value is -2.37. The van der Waals surface area contributed by atoms with Gasteiger partial charge in [0.15, 0.2) is 0 Å². The maximum atomic E-state index is 12.5. The molecule has 114 valence electrons. The molecule has 0 aromatic heterocycles. The van der Waals surface area contributed by atoms with Gasteiger partial charge in [-0.3, -0.25) is 9.59 Å². The summed E-state index contributed by atoms with van der Waals surface area (Å²) in [6.07, 6.45) is 0. The monoisotopic (exact) mass is 292 g/mol. The second-order valence-corrected chi connectivity index (χ2v) is 5.44. The van der Waals surface area contributed by atoms with Gasteiger partial charge in [-0.05, 0) is 36.6 Å². The van der Waals surface area contributed by atoms with E-state index in [1.165, 1.54) is 17.0 Å². The highest BCUT2D eigenvalue weighted by molar-refractivity contribution is 5.99. The molecule has 2 amide bonds. The van der Waals surface area contributed by atoms with Crippen molar-refractivity contribution in [2.45, 2.75) is 20.8 Å². The average molecular weight is 292 g/mol. The summed E-state index contributed by atoms with van der Waals surface area (Å²) in [4.78, 5) is 36.0. The highest BCUT2D eigenvalue weighted by Gasteiger charge is 2.20. The molecule has 0 unspecified atom stereocenters. The number of hydrogen-bond donors (Lipinski definition) is 2.